The lowest BCUT2D eigenvalue weighted by Crippen LogP contribution is -2.23. The van der Waals surface area contributed by atoms with Crippen LogP contribution in [0.2, 0.25) is 0 Å². The van der Waals surface area contributed by atoms with Crippen LogP contribution >= 0.6 is 0 Å². The van der Waals surface area contributed by atoms with Crippen molar-refractivity contribution in [2.24, 2.45) is 0 Å². The third-order valence-corrected chi connectivity index (χ3v) is 5.36. The maximum atomic E-state index is 12.5. The summed E-state index contributed by atoms with van der Waals surface area (Å²) in [4.78, 5) is 0.344. The fraction of sp³-hybridized carbons (Fsp3) is 0.286. The second-order valence-corrected chi connectivity index (χ2v) is 6.41. The van der Waals surface area contributed by atoms with Gasteiger partial charge in [0.15, 0.2) is 9.84 Å². The molecular formula is C14H16O3S. The quantitative estimate of drug-likeness (QED) is 0.843. The zero-order valence-corrected chi connectivity index (χ0v) is 11.3. The SMILES string of the molecule is COc1ccc(S(=O)(=O)C2CC=CC=C2C)cc1. The van der Waals surface area contributed by atoms with E-state index in [-0.39, 0.29) is 0 Å². The van der Waals surface area contributed by atoms with Gasteiger partial charge in [-0.05, 0) is 37.6 Å². The van der Waals surface area contributed by atoms with Gasteiger partial charge in [0.2, 0.25) is 0 Å². The molecule has 0 fully saturated rings. The van der Waals surface area contributed by atoms with E-state index in [1.807, 2.05) is 25.2 Å². The van der Waals surface area contributed by atoms with Crippen molar-refractivity contribution in [3.8, 4) is 5.75 Å². The second kappa shape index (κ2) is 4.98. The van der Waals surface area contributed by atoms with Crippen molar-refractivity contribution in [1.29, 1.82) is 0 Å². The van der Waals surface area contributed by atoms with Crippen molar-refractivity contribution >= 4 is 9.84 Å². The zero-order valence-electron chi connectivity index (χ0n) is 10.5. The molecule has 0 radical (unpaired) electrons. The molecule has 18 heavy (non-hydrogen) atoms. The number of methoxy groups -OCH3 is 1. The third-order valence-electron chi connectivity index (χ3n) is 3.12. The van der Waals surface area contributed by atoms with Crippen LogP contribution in [0.1, 0.15) is 13.3 Å². The minimum atomic E-state index is -3.31. The van der Waals surface area contributed by atoms with E-state index >= 15 is 0 Å². The van der Waals surface area contributed by atoms with Gasteiger partial charge in [-0.3, -0.25) is 0 Å². The lowest BCUT2D eigenvalue weighted by Gasteiger charge is -2.19. The molecule has 1 atom stereocenters. The number of hydrogen-bond donors (Lipinski definition) is 0. The normalized spacial score (nSPS) is 19.4. The van der Waals surface area contributed by atoms with Gasteiger partial charge in [0.1, 0.15) is 5.75 Å². The average molecular weight is 264 g/mol. The molecule has 0 aromatic heterocycles. The van der Waals surface area contributed by atoms with E-state index in [0.29, 0.717) is 17.1 Å². The Kier molecular flexibility index (Phi) is 3.57. The maximum absolute atomic E-state index is 12.5. The minimum absolute atomic E-state index is 0.344. The summed E-state index contributed by atoms with van der Waals surface area (Å²) in [5.41, 5.74) is 0.883. The van der Waals surface area contributed by atoms with E-state index in [1.165, 1.54) is 0 Å². The summed E-state index contributed by atoms with van der Waals surface area (Å²) in [7, 11) is -1.75. The van der Waals surface area contributed by atoms with Gasteiger partial charge < -0.3 is 4.74 Å². The van der Waals surface area contributed by atoms with Crippen molar-refractivity contribution in [2.75, 3.05) is 7.11 Å². The van der Waals surface area contributed by atoms with Crippen molar-refractivity contribution in [1.82, 2.24) is 0 Å². The first kappa shape index (κ1) is 12.9. The Labute approximate surface area is 108 Å². The molecule has 0 heterocycles. The lowest BCUT2D eigenvalue weighted by atomic mass is 10.1. The molecule has 96 valence electrons. The van der Waals surface area contributed by atoms with Gasteiger partial charge in [0, 0.05) is 0 Å². The van der Waals surface area contributed by atoms with E-state index in [4.69, 9.17) is 4.74 Å². The van der Waals surface area contributed by atoms with Gasteiger partial charge in [0.25, 0.3) is 0 Å². The van der Waals surface area contributed by atoms with Crippen LogP contribution in [0.5, 0.6) is 5.75 Å². The Hall–Kier alpha value is -1.55. The molecular weight excluding hydrogens is 248 g/mol. The van der Waals surface area contributed by atoms with Crippen LogP contribution in [-0.4, -0.2) is 20.8 Å². The number of hydrogen-bond acceptors (Lipinski definition) is 3. The Morgan fingerprint density at radius 1 is 1.22 bits per heavy atom. The molecule has 1 aliphatic rings. The van der Waals surface area contributed by atoms with E-state index in [1.54, 1.807) is 31.4 Å². The molecule has 0 amide bonds. The van der Waals surface area contributed by atoms with Crippen LogP contribution in [0.4, 0.5) is 0 Å². The molecule has 0 saturated carbocycles. The molecule has 1 aromatic rings. The number of allylic oxidation sites excluding steroid dienone is 3. The molecule has 0 spiro atoms. The molecule has 0 bridgehead atoms. The first-order chi connectivity index (χ1) is 8.55. The molecule has 3 nitrogen and oxygen atoms in total. The Morgan fingerprint density at radius 2 is 1.89 bits per heavy atom. The third kappa shape index (κ3) is 2.34. The topological polar surface area (TPSA) is 43.4 Å². The summed E-state index contributed by atoms with van der Waals surface area (Å²) < 4.78 is 30.0. The van der Waals surface area contributed by atoms with Gasteiger partial charge in [-0.2, -0.15) is 0 Å². The van der Waals surface area contributed by atoms with Crippen LogP contribution in [0.25, 0.3) is 0 Å². The van der Waals surface area contributed by atoms with Gasteiger partial charge >= 0.3 is 0 Å². The number of rotatable bonds is 3. The molecule has 0 saturated heterocycles. The van der Waals surface area contributed by atoms with Crippen LogP contribution < -0.4 is 4.74 Å². The smallest absolute Gasteiger partial charge is 0.185 e. The first-order valence-electron chi connectivity index (χ1n) is 5.77. The van der Waals surface area contributed by atoms with Crippen LogP contribution in [-0.2, 0) is 9.84 Å². The highest BCUT2D eigenvalue weighted by Gasteiger charge is 2.28. The highest BCUT2D eigenvalue weighted by Crippen LogP contribution is 2.27. The summed E-state index contributed by atoms with van der Waals surface area (Å²) >= 11 is 0. The zero-order chi connectivity index (χ0) is 13.2. The average Bonchev–Trinajstić information content (AvgIpc) is 2.39. The summed E-state index contributed by atoms with van der Waals surface area (Å²) in [6.45, 7) is 1.86. The van der Waals surface area contributed by atoms with Gasteiger partial charge in [-0.1, -0.05) is 23.8 Å². The highest BCUT2D eigenvalue weighted by atomic mass is 32.2. The predicted octanol–water partition coefficient (Wildman–Crippen LogP) is 2.74. The lowest BCUT2D eigenvalue weighted by molar-refractivity contribution is 0.414. The largest absolute Gasteiger partial charge is 0.497 e. The Bertz CT molecular complexity index is 580. The van der Waals surface area contributed by atoms with Crippen molar-refractivity contribution in [2.45, 2.75) is 23.5 Å². The Morgan fingerprint density at radius 3 is 2.44 bits per heavy atom. The second-order valence-electron chi connectivity index (χ2n) is 4.28. The van der Waals surface area contributed by atoms with Crippen LogP contribution in [0.15, 0.2) is 53.0 Å². The van der Waals surface area contributed by atoms with Gasteiger partial charge in [-0.15, -0.1) is 0 Å². The number of sulfone groups is 1. The minimum Gasteiger partial charge on any atom is -0.497 e. The molecule has 0 aliphatic heterocycles. The monoisotopic (exact) mass is 264 g/mol. The van der Waals surface area contributed by atoms with Crippen LogP contribution in [0, 0.1) is 0 Å². The molecule has 2 rings (SSSR count). The molecule has 1 unspecified atom stereocenters. The maximum Gasteiger partial charge on any atom is 0.185 e. The Balaban J connectivity index is 2.36. The molecule has 1 aliphatic carbocycles. The van der Waals surface area contributed by atoms with E-state index in [2.05, 4.69) is 0 Å². The predicted molar refractivity (Wildman–Crippen MR) is 71.5 cm³/mol. The van der Waals surface area contributed by atoms with Crippen molar-refractivity contribution in [3.63, 3.8) is 0 Å². The van der Waals surface area contributed by atoms with E-state index < -0.39 is 15.1 Å². The van der Waals surface area contributed by atoms with Gasteiger partial charge in [0.05, 0.1) is 17.3 Å². The number of ether oxygens (including phenoxy) is 1. The van der Waals surface area contributed by atoms with Gasteiger partial charge in [-0.25, -0.2) is 8.42 Å². The first-order valence-corrected chi connectivity index (χ1v) is 7.31. The summed E-state index contributed by atoms with van der Waals surface area (Å²) in [5.74, 6) is 0.657. The summed E-state index contributed by atoms with van der Waals surface area (Å²) in [6, 6.07) is 6.54. The standard InChI is InChI=1S/C14H16O3S/c1-11-5-3-4-6-14(11)18(15,16)13-9-7-12(17-2)8-10-13/h3-5,7-10,14H,6H2,1-2H3. The summed E-state index contributed by atoms with van der Waals surface area (Å²) in [5, 5.41) is -0.448. The van der Waals surface area contributed by atoms with E-state index in [0.717, 1.165) is 5.57 Å². The summed E-state index contributed by atoms with van der Waals surface area (Å²) in [6.07, 6.45) is 6.18. The fourth-order valence-electron chi connectivity index (χ4n) is 2.02. The molecule has 1 aromatic carbocycles. The fourth-order valence-corrected chi connectivity index (χ4v) is 3.79. The van der Waals surface area contributed by atoms with Crippen LogP contribution in [0.3, 0.4) is 0 Å². The van der Waals surface area contributed by atoms with E-state index in [9.17, 15) is 8.42 Å². The van der Waals surface area contributed by atoms with Crippen molar-refractivity contribution < 1.29 is 13.2 Å². The van der Waals surface area contributed by atoms with Crippen molar-refractivity contribution in [3.05, 3.63) is 48.1 Å². The highest BCUT2D eigenvalue weighted by molar-refractivity contribution is 7.92. The molecule has 4 heteroatoms. The number of benzene rings is 1. The molecule has 0 N–H and O–H groups in total.